The van der Waals surface area contributed by atoms with Crippen LogP contribution in [0.25, 0.3) is 0 Å². The van der Waals surface area contributed by atoms with Crippen molar-refractivity contribution in [2.24, 2.45) is 5.73 Å². The van der Waals surface area contributed by atoms with Crippen molar-refractivity contribution in [2.45, 2.75) is 52.2 Å². The zero-order chi connectivity index (χ0) is 14.7. The van der Waals surface area contributed by atoms with Crippen molar-refractivity contribution in [3.63, 3.8) is 0 Å². The second kappa shape index (κ2) is 6.27. The molecule has 0 aliphatic heterocycles. The molecule has 1 atom stereocenters. The fraction of sp³-hybridized carbons (Fsp3) is 0.562. The van der Waals surface area contributed by atoms with Crippen LogP contribution in [-0.4, -0.2) is 24.6 Å². The lowest BCUT2D eigenvalue weighted by Crippen LogP contribution is -2.37. The highest BCUT2D eigenvalue weighted by molar-refractivity contribution is 5.81. The summed E-state index contributed by atoms with van der Waals surface area (Å²) in [6.45, 7) is 6.45. The van der Waals surface area contributed by atoms with Gasteiger partial charge in [0.1, 0.15) is 5.75 Å². The highest BCUT2D eigenvalue weighted by atomic mass is 16.5. The summed E-state index contributed by atoms with van der Waals surface area (Å²) in [6.07, 6.45) is 2.57. The second-order valence-corrected chi connectivity index (χ2v) is 5.64. The van der Waals surface area contributed by atoms with Crippen molar-refractivity contribution in [1.29, 1.82) is 0 Å². The maximum absolute atomic E-state index is 11.9. The van der Waals surface area contributed by atoms with Gasteiger partial charge in [-0.25, -0.2) is 0 Å². The van der Waals surface area contributed by atoms with Gasteiger partial charge in [-0.05, 0) is 63.3 Å². The van der Waals surface area contributed by atoms with Gasteiger partial charge in [-0.3, -0.25) is 4.79 Å². The summed E-state index contributed by atoms with van der Waals surface area (Å²) < 4.78 is 5.86. The number of carbonyl (C=O) groups is 1. The SMILES string of the molecule is Cc1cc(CCN)cc(C)c1OC(C)C(=O)NC1CC1. The Morgan fingerprint density at radius 3 is 2.50 bits per heavy atom. The fourth-order valence-corrected chi connectivity index (χ4v) is 2.31. The van der Waals surface area contributed by atoms with Gasteiger partial charge in [-0.1, -0.05) is 12.1 Å². The van der Waals surface area contributed by atoms with E-state index in [1.165, 1.54) is 5.56 Å². The van der Waals surface area contributed by atoms with Crippen LogP contribution in [0.3, 0.4) is 0 Å². The van der Waals surface area contributed by atoms with Crippen LogP contribution in [0.4, 0.5) is 0 Å². The minimum Gasteiger partial charge on any atom is -0.480 e. The molecule has 0 spiro atoms. The van der Waals surface area contributed by atoms with E-state index < -0.39 is 6.10 Å². The number of nitrogens with one attached hydrogen (secondary N) is 1. The zero-order valence-corrected chi connectivity index (χ0v) is 12.5. The van der Waals surface area contributed by atoms with E-state index in [0.717, 1.165) is 36.1 Å². The molecule has 1 saturated carbocycles. The van der Waals surface area contributed by atoms with Crippen molar-refractivity contribution in [3.05, 3.63) is 28.8 Å². The lowest BCUT2D eigenvalue weighted by Gasteiger charge is -2.19. The number of amides is 1. The molecule has 1 fully saturated rings. The number of hydrogen-bond acceptors (Lipinski definition) is 3. The van der Waals surface area contributed by atoms with E-state index >= 15 is 0 Å². The standard InChI is InChI=1S/C16H24N2O2/c1-10-8-13(6-7-17)9-11(2)15(10)20-12(3)16(19)18-14-4-5-14/h8-9,12,14H,4-7,17H2,1-3H3,(H,18,19). The summed E-state index contributed by atoms with van der Waals surface area (Å²) in [5, 5.41) is 2.96. The van der Waals surface area contributed by atoms with Gasteiger partial charge in [0.25, 0.3) is 5.91 Å². The lowest BCUT2D eigenvalue weighted by atomic mass is 10.0. The molecule has 3 N–H and O–H groups in total. The minimum atomic E-state index is -0.464. The zero-order valence-electron chi connectivity index (χ0n) is 12.5. The first-order valence-electron chi connectivity index (χ1n) is 7.28. The van der Waals surface area contributed by atoms with Crippen LogP contribution in [0.2, 0.25) is 0 Å². The number of nitrogens with two attached hydrogens (primary N) is 1. The van der Waals surface area contributed by atoms with Crippen LogP contribution in [0, 0.1) is 13.8 Å². The molecule has 1 aromatic carbocycles. The van der Waals surface area contributed by atoms with Crippen LogP contribution in [0.15, 0.2) is 12.1 Å². The predicted octanol–water partition coefficient (Wildman–Crippen LogP) is 1.85. The Bertz CT molecular complexity index is 472. The Hall–Kier alpha value is -1.55. The van der Waals surface area contributed by atoms with E-state index in [1.54, 1.807) is 6.92 Å². The molecular formula is C16H24N2O2. The van der Waals surface area contributed by atoms with Crippen LogP contribution in [-0.2, 0) is 11.2 Å². The molecule has 1 aliphatic rings. The molecule has 1 amide bonds. The number of rotatable bonds is 6. The van der Waals surface area contributed by atoms with Gasteiger partial charge in [0.05, 0.1) is 0 Å². The quantitative estimate of drug-likeness (QED) is 0.833. The Morgan fingerprint density at radius 1 is 1.40 bits per heavy atom. The van der Waals surface area contributed by atoms with Crippen LogP contribution in [0.1, 0.15) is 36.5 Å². The molecule has 0 heterocycles. The monoisotopic (exact) mass is 276 g/mol. The molecule has 0 saturated heterocycles. The van der Waals surface area contributed by atoms with Crippen LogP contribution >= 0.6 is 0 Å². The maximum atomic E-state index is 11.9. The number of benzene rings is 1. The first-order valence-corrected chi connectivity index (χ1v) is 7.28. The summed E-state index contributed by atoms with van der Waals surface area (Å²) in [7, 11) is 0. The number of hydrogen-bond donors (Lipinski definition) is 2. The molecule has 0 aromatic heterocycles. The second-order valence-electron chi connectivity index (χ2n) is 5.64. The average molecular weight is 276 g/mol. The van der Waals surface area contributed by atoms with E-state index in [0.29, 0.717) is 12.6 Å². The largest absolute Gasteiger partial charge is 0.480 e. The average Bonchev–Trinajstić information content (AvgIpc) is 3.17. The van der Waals surface area contributed by atoms with E-state index in [4.69, 9.17) is 10.5 Å². The van der Waals surface area contributed by atoms with Gasteiger partial charge < -0.3 is 15.8 Å². The molecule has 0 bridgehead atoms. The summed E-state index contributed by atoms with van der Waals surface area (Å²) in [4.78, 5) is 11.9. The van der Waals surface area contributed by atoms with E-state index in [1.807, 2.05) is 13.8 Å². The molecule has 110 valence electrons. The van der Waals surface area contributed by atoms with Crippen molar-refractivity contribution in [1.82, 2.24) is 5.32 Å². The smallest absolute Gasteiger partial charge is 0.260 e. The van der Waals surface area contributed by atoms with Gasteiger partial charge in [0, 0.05) is 6.04 Å². The van der Waals surface area contributed by atoms with E-state index in [2.05, 4.69) is 17.4 Å². The minimum absolute atomic E-state index is 0.0302. The number of ether oxygens (including phenoxy) is 1. The maximum Gasteiger partial charge on any atom is 0.260 e. The van der Waals surface area contributed by atoms with Gasteiger partial charge in [0.2, 0.25) is 0 Å². The Morgan fingerprint density at radius 2 is 2.00 bits per heavy atom. The van der Waals surface area contributed by atoms with E-state index in [9.17, 15) is 4.79 Å². The topological polar surface area (TPSA) is 64.3 Å². The predicted molar refractivity (Wildman–Crippen MR) is 79.9 cm³/mol. The first-order chi connectivity index (χ1) is 9.51. The van der Waals surface area contributed by atoms with Crippen molar-refractivity contribution in [2.75, 3.05) is 6.54 Å². The number of aryl methyl sites for hydroxylation is 2. The summed E-state index contributed by atoms with van der Waals surface area (Å²) in [6, 6.07) is 4.53. The van der Waals surface area contributed by atoms with Gasteiger partial charge in [-0.15, -0.1) is 0 Å². The summed E-state index contributed by atoms with van der Waals surface area (Å²) in [5.41, 5.74) is 8.91. The van der Waals surface area contributed by atoms with Crippen LogP contribution in [0.5, 0.6) is 5.75 Å². The summed E-state index contributed by atoms with van der Waals surface area (Å²) >= 11 is 0. The molecular weight excluding hydrogens is 252 g/mol. The van der Waals surface area contributed by atoms with Gasteiger partial charge >= 0.3 is 0 Å². The van der Waals surface area contributed by atoms with E-state index in [-0.39, 0.29) is 5.91 Å². The molecule has 4 heteroatoms. The Balaban J connectivity index is 2.05. The third-order valence-corrected chi connectivity index (χ3v) is 3.54. The van der Waals surface area contributed by atoms with Crippen LogP contribution < -0.4 is 15.8 Å². The Labute approximate surface area is 120 Å². The Kier molecular flexibility index (Phi) is 4.65. The third-order valence-electron chi connectivity index (χ3n) is 3.54. The molecule has 20 heavy (non-hydrogen) atoms. The fourth-order valence-electron chi connectivity index (χ4n) is 2.31. The third kappa shape index (κ3) is 3.73. The molecule has 0 radical (unpaired) electrons. The lowest BCUT2D eigenvalue weighted by molar-refractivity contribution is -0.127. The van der Waals surface area contributed by atoms with Gasteiger partial charge in [-0.2, -0.15) is 0 Å². The molecule has 1 unspecified atom stereocenters. The van der Waals surface area contributed by atoms with Gasteiger partial charge in [0.15, 0.2) is 6.10 Å². The normalized spacial score (nSPS) is 15.8. The number of carbonyl (C=O) groups excluding carboxylic acids is 1. The summed E-state index contributed by atoms with van der Waals surface area (Å²) in [5.74, 6) is 0.779. The van der Waals surface area contributed by atoms with Crippen molar-refractivity contribution >= 4 is 5.91 Å². The first kappa shape index (κ1) is 14.9. The highest BCUT2D eigenvalue weighted by Gasteiger charge is 2.26. The molecule has 1 aromatic rings. The van der Waals surface area contributed by atoms with Crippen molar-refractivity contribution < 1.29 is 9.53 Å². The molecule has 2 rings (SSSR count). The van der Waals surface area contributed by atoms with Crippen molar-refractivity contribution in [3.8, 4) is 5.75 Å². The molecule has 1 aliphatic carbocycles. The molecule has 4 nitrogen and oxygen atoms in total. The highest BCUT2D eigenvalue weighted by Crippen LogP contribution is 2.26.